The first-order valence-corrected chi connectivity index (χ1v) is 11.5. The lowest BCUT2D eigenvalue weighted by atomic mass is 10.1. The van der Waals surface area contributed by atoms with Crippen molar-refractivity contribution in [2.75, 3.05) is 7.11 Å². The molecule has 3 heterocycles. The van der Waals surface area contributed by atoms with E-state index in [1.807, 2.05) is 48.5 Å². The van der Waals surface area contributed by atoms with Crippen LogP contribution in [0.1, 0.15) is 16.2 Å². The van der Waals surface area contributed by atoms with Gasteiger partial charge in [-0.3, -0.25) is 0 Å². The zero-order chi connectivity index (χ0) is 25.4. The Morgan fingerprint density at radius 2 is 1.78 bits per heavy atom. The standard InChI is InChI=1S/C28H20FN5O3/c1-36-28(35)24-14-22-20-6-2-4-8-23(20)30-27(22)26(31-24)21-7-3-5-9-25(21)37-16-18-15-34(33-32-18)19-12-10-17(29)11-13-19/h2-15,30H,16H2,1H3. The van der Waals surface area contributed by atoms with E-state index in [0.29, 0.717) is 28.4 Å². The molecule has 9 heteroatoms. The van der Waals surface area contributed by atoms with E-state index >= 15 is 0 Å². The maximum atomic E-state index is 13.2. The average molecular weight is 493 g/mol. The van der Waals surface area contributed by atoms with Crippen LogP contribution in [0.15, 0.2) is 85.1 Å². The van der Waals surface area contributed by atoms with Crippen molar-refractivity contribution in [2.45, 2.75) is 6.61 Å². The van der Waals surface area contributed by atoms with Crippen molar-refractivity contribution in [1.82, 2.24) is 25.0 Å². The molecule has 0 aliphatic carbocycles. The fourth-order valence-corrected chi connectivity index (χ4v) is 4.27. The number of hydrogen-bond donors (Lipinski definition) is 1. The maximum absolute atomic E-state index is 13.2. The van der Waals surface area contributed by atoms with Crippen LogP contribution in [0.3, 0.4) is 0 Å². The van der Waals surface area contributed by atoms with Gasteiger partial charge < -0.3 is 14.5 Å². The summed E-state index contributed by atoms with van der Waals surface area (Å²) >= 11 is 0. The summed E-state index contributed by atoms with van der Waals surface area (Å²) in [5.74, 6) is -0.282. The summed E-state index contributed by atoms with van der Waals surface area (Å²) in [4.78, 5) is 20.6. The number of carbonyl (C=O) groups is 1. The molecular formula is C28H20FN5O3. The molecule has 0 amide bonds. The first-order valence-electron chi connectivity index (χ1n) is 11.5. The molecule has 0 atom stereocenters. The summed E-state index contributed by atoms with van der Waals surface area (Å²) in [5.41, 5.74) is 4.46. The molecule has 8 nitrogen and oxygen atoms in total. The molecule has 6 rings (SSSR count). The van der Waals surface area contributed by atoms with E-state index in [1.165, 1.54) is 19.2 Å². The summed E-state index contributed by atoms with van der Waals surface area (Å²) in [6, 6.07) is 23.0. The molecule has 0 spiro atoms. The Balaban J connectivity index is 1.38. The number of esters is 1. The molecule has 0 saturated heterocycles. The van der Waals surface area contributed by atoms with Gasteiger partial charge in [0, 0.05) is 21.9 Å². The van der Waals surface area contributed by atoms with Crippen LogP contribution in [-0.2, 0) is 11.3 Å². The second-order valence-electron chi connectivity index (χ2n) is 8.36. The van der Waals surface area contributed by atoms with Gasteiger partial charge >= 0.3 is 5.97 Å². The summed E-state index contributed by atoms with van der Waals surface area (Å²) < 4.78 is 25.9. The molecule has 3 aromatic heterocycles. The highest BCUT2D eigenvalue weighted by atomic mass is 19.1. The van der Waals surface area contributed by atoms with Crippen LogP contribution < -0.4 is 4.74 Å². The van der Waals surface area contributed by atoms with Gasteiger partial charge in [0.2, 0.25) is 0 Å². The first kappa shape index (κ1) is 22.4. The average Bonchev–Trinajstić information content (AvgIpc) is 3.56. The van der Waals surface area contributed by atoms with Crippen molar-refractivity contribution in [3.8, 4) is 22.7 Å². The molecule has 3 aromatic carbocycles. The van der Waals surface area contributed by atoms with Gasteiger partial charge in [0.15, 0.2) is 0 Å². The Labute approximate surface area is 210 Å². The number of nitrogens with zero attached hydrogens (tertiary/aromatic N) is 4. The van der Waals surface area contributed by atoms with Gasteiger partial charge in [-0.15, -0.1) is 5.10 Å². The van der Waals surface area contributed by atoms with E-state index in [1.54, 1.807) is 29.1 Å². The van der Waals surface area contributed by atoms with Crippen LogP contribution >= 0.6 is 0 Å². The van der Waals surface area contributed by atoms with E-state index in [0.717, 1.165) is 21.8 Å². The number of aromatic nitrogens is 5. The molecule has 0 aliphatic rings. The molecule has 6 aromatic rings. The van der Waals surface area contributed by atoms with E-state index < -0.39 is 5.97 Å². The molecule has 0 unspecified atom stereocenters. The van der Waals surface area contributed by atoms with Crippen LogP contribution in [-0.4, -0.2) is 38.0 Å². The van der Waals surface area contributed by atoms with E-state index in [-0.39, 0.29) is 18.1 Å². The second-order valence-corrected chi connectivity index (χ2v) is 8.36. The van der Waals surface area contributed by atoms with Crippen molar-refractivity contribution < 1.29 is 18.7 Å². The Kier molecular flexibility index (Phi) is 5.57. The number of halogens is 1. The number of carbonyl (C=O) groups excluding carboxylic acids is 1. The topological polar surface area (TPSA) is 94.9 Å². The minimum Gasteiger partial charge on any atom is -0.486 e. The monoisotopic (exact) mass is 493 g/mol. The second kappa shape index (κ2) is 9.19. The van der Waals surface area contributed by atoms with E-state index in [9.17, 15) is 9.18 Å². The maximum Gasteiger partial charge on any atom is 0.356 e. The van der Waals surface area contributed by atoms with Crippen LogP contribution in [0, 0.1) is 5.82 Å². The molecule has 1 N–H and O–H groups in total. The highest BCUT2D eigenvalue weighted by molar-refractivity contribution is 6.13. The molecule has 0 bridgehead atoms. The zero-order valence-corrected chi connectivity index (χ0v) is 19.7. The van der Waals surface area contributed by atoms with Crippen LogP contribution in [0.4, 0.5) is 4.39 Å². The van der Waals surface area contributed by atoms with Crippen molar-refractivity contribution in [1.29, 1.82) is 0 Å². The fourth-order valence-electron chi connectivity index (χ4n) is 4.27. The number of fused-ring (bicyclic) bond motifs is 3. The third kappa shape index (κ3) is 4.16. The van der Waals surface area contributed by atoms with E-state index in [4.69, 9.17) is 9.47 Å². The number of methoxy groups -OCH3 is 1. The first-order chi connectivity index (χ1) is 18.1. The third-order valence-electron chi connectivity index (χ3n) is 6.04. The molecule has 0 saturated carbocycles. The summed E-state index contributed by atoms with van der Waals surface area (Å²) in [6.45, 7) is 0.144. The Morgan fingerprint density at radius 3 is 2.62 bits per heavy atom. The van der Waals surface area contributed by atoms with Gasteiger partial charge in [-0.05, 0) is 48.5 Å². The quantitative estimate of drug-likeness (QED) is 0.309. The number of hydrogen-bond acceptors (Lipinski definition) is 6. The number of nitrogens with one attached hydrogen (secondary N) is 1. The lowest BCUT2D eigenvalue weighted by molar-refractivity contribution is 0.0594. The lowest BCUT2D eigenvalue weighted by Crippen LogP contribution is -2.06. The number of para-hydroxylation sites is 2. The van der Waals surface area contributed by atoms with Gasteiger partial charge in [-0.1, -0.05) is 35.5 Å². The van der Waals surface area contributed by atoms with Crippen molar-refractivity contribution in [2.24, 2.45) is 0 Å². The van der Waals surface area contributed by atoms with Crippen LogP contribution in [0.2, 0.25) is 0 Å². The third-order valence-corrected chi connectivity index (χ3v) is 6.04. The Hall–Kier alpha value is -5.05. The van der Waals surface area contributed by atoms with E-state index in [2.05, 4.69) is 20.3 Å². The summed E-state index contributed by atoms with van der Waals surface area (Å²) in [6.07, 6.45) is 1.72. The van der Waals surface area contributed by atoms with Crippen LogP contribution in [0.25, 0.3) is 38.8 Å². The lowest BCUT2D eigenvalue weighted by Gasteiger charge is -2.12. The highest BCUT2D eigenvalue weighted by Crippen LogP contribution is 2.37. The molecular weight excluding hydrogens is 473 g/mol. The number of pyridine rings is 1. The molecule has 0 aliphatic heterocycles. The zero-order valence-electron chi connectivity index (χ0n) is 19.7. The van der Waals surface area contributed by atoms with Gasteiger partial charge in [-0.2, -0.15) is 0 Å². The van der Waals surface area contributed by atoms with Crippen molar-refractivity contribution in [3.63, 3.8) is 0 Å². The SMILES string of the molecule is COC(=O)c1cc2c([nH]c3ccccc32)c(-c2ccccc2OCc2cn(-c3ccc(F)cc3)nn2)n1. The molecule has 37 heavy (non-hydrogen) atoms. The molecule has 0 fully saturated rings. The highest BCUT2D eigenvalue weighted by Gasteiger charge is 2.19. The summed E-state index contributed by atoms with van der Waals surface area (Å²) in [5, 5.41) is 10.1. The number of benzene rings is 3. The number of aromatic amines is 1. The predicted octanol–water partition coefficient (Wildman–Crippen LogP) is 5.47. The van der Waals surface area contributed by atoms with Gasteiger partial charge in [-0.25, -0.2) is 18.9 Å². The van der Waals surface area contributed by atoms with Crippen molar-refractivity contribution in [3.05, 3.63) is 102 Å². The van der Waals surface area contributed by atoms with Gasteiger partial charge in [0.1, 0.15) is 29.6 Å². The largest absolute Gasteiger partial charge is 0.486 e. The Bertz CT molecular complexity index is 1760. The van der Waals surface area contributed by atoms with Gasteiger partial charge in [0.05, 0.1) is 30.2 Å². The smallest absolute Gasteiger partial charge is 0.356 e. The number of rotatable bonds is 6. The fraction of sp³-hybridized carbons (Fsp3) is 0.0714. The minimum atomic E-state index is -0.524. The molecule has 0 radical (unpaired) electrons. The number of H-pyrrole nitrogens is 1. The van der Waals surface area contributed by atoms with Crippen LogP contribution in [0.5, 0.6) is 5.75 Å². The normalized spacial score (nSPS) is 11.2. The molecule has 182 valence electrons. The minimum absolute atomic E-state index is 0.144. The van der Waals surface area contributed by atoms with Crippen molar-refractivity contribution >= 4 is 27.8 Å². The van der Waals surface area contributed by atoms with Gasteiger partial charge in [0.25, 0.3) is 0 Å². The number of ether oxygens (including phenoxy) is 2. The summed E-state index contributed by atoms with van der Waals surface area (Å²) in [7, 11) is 1.33. The Morgan fingerprint density at radius 1 is 1.00 bits per heavy atom. The predicted molar refractivity (Wildman–Crippen MR) is 136 cm³/mol.